The highest BCUT2D eigenvalue weighted by atomic mass is 35.5. The van der Waals surface area contributed by atoms with Crippen molar-refractivity contribution in [2.45, 2.75) is 19.5 Å². The highest BCUT2D eigenvalue weighted by Crippen LogP contribution is 2.25. The number of halogens is 2. The maximum absolute atomic E-state index is 13.1. The van der Waals surface area contributed by atoms with Crippen molar-refractivity contribution in [3.05, 3.63) is 58.6 Å². The summed E-state index contributed by atoms with van der Waals surface area (Å²) in [5.41, 5.74) is 2.00. The second-order valence-electron chi connectivity index (χ2n) is 6.08. The first-order chi connectivity index (χ1) is 12.4. The van der Waals surface area contributed by atoms with Crippen LogP contribution >= 0.6 is 11.6 Å². The molecule has 0 radical (unpaired) electrons. The Hall–Kier alpha value is -2.67. The molecular weight excluding hydrogens is 359 g/mol. The topological polar surface area (TPSA) is 65.5 Å². The van der Waals surface area contributed by atoms with Gasteiger partial charge in [0.15, 0.2) is 0 Å². The molecule has 1 fully saturated rings. The summed E-state index contributed by atoms with van der Waals surface area (Å²) in [5.74, 6) is -0.737. The van der Waals surface area contributed by atoms with E-state index in [1.807, 2.05) is 6.92 Å². The predicted molar refractivity (Wildman–Crippen MR) is 96.5 cm³/mol. The third-order valence-corrected chi connectivity index (χ3v) is 4.75. The predicted octanol–water partition coefficient (Wildman–Crippen LogP) is 2.74. The quantitative estimate of drug-likeness (QED) is 0.892. The van der Waals surface area contributed by atoms with Crippen molar-refractivity contribution in [3.63, 3.8) is 0 Å². The summed E-state index contributed by atoms with van der Waals surface area (Å²) in [7, 11) is 1.59. The van der Waals surface area contributed by atoms with Crippen LogP contribution < -0.4 is 10.2 Å². The zero-order valence-electron chi connectivity index (χ0n) is 14.4. The van der Waals surface area contributed by atoms with Gasteiger partial charge in [0.1, 0.15) is 11.9 Å². The molecule has 136 valence electrons. The molecule has 2 aromatic rings. The summed E-state index contributed by atoms with van der Waals surface area (Å²) in [6.07, 6.45) is 1.65. The molecule has 1 atom stereocenters. The van der Waals surface area contributed by atoms with E-state index in [0.717, 1.165) is 0 Å². The zero-order valence-corrected chi connectivity index (χ0v) is 15.1. The molecular formula is C18H18ClFN4O2. The van der Waals surface area contributed by atoms with Crippen molar-refractivity contribution >= 4 is 29.2 Å². The smallest absolute Gasteiger partial charge is 0.325 e. The molecule has 1 aromatic carbocycles. The van der Waals surface area contributed by atoms with E-state index in [2.05, 4.69) is 10.3 Å². The first kappa shape index (κ1) is 18.1. The molecule has 3 amide bonds. The molecule has 1 saturated heterocycles. The number of aromatic nitrogens is 1. The van der Waals surface area contributed by atoms with E-state index in [9.17, 15) is 14.0 Å². The van der Waals surface area contributed by atoms with Gasteiger partial charge in [-0.3, -0.25) is 14.7 Å². The van der Waals surface area contributed by atoms with Crippen molar-refractivity contribution in [2.24, 2.45) is 0 Å². The third kappa shape index (κ3) is 3.48. The molecule has 8 heteroatoms. The van der Waals surface area contributed by atoms with Crippen molar-refractivity contribution < 1.29 is 14.0 Å². The Morgan fingerprint density at radius 1 is 1.42 bits per heavy atom. The number of carbonyl (C=O) groups excluding carboxylic acids is 2. The number of hydrogen-bond donors (Lipinski definition) is 1. The second-order valence-corrected chi connectivity index (χ2v) is 6.49. The summed E-state index contributed by atoms with van der Waals surface area (Å²) in [6, 6.07) is 6.65. The molecule has 6 nitrogen and oxygen atoms in total. The SMILES string of the molecule is Cc1ncccc1N1C[C@@H](C(=O)NCc2ccc(F)cc2Cl)N(C)C1=O. The van der Waals surface area contributed by atoms with Gasteiger partial charge in [-0.05, 0) is 36.8 Å². The van der Waals surface area contributed by atoms with Gasteiger partial charge in [-0.2, -0.15) is 0 Å². The molecule has 0 unspecified atom stereocenters. The molecule has 0 saturated carbocycles. The lowest BCUT2D eigenvalue weighted by molar-refractivity contribution is -0.124. The lowest BCUT2D eigenvalue weighted by Crippen LogP contribution is -2.43. The minimum Gasteiger partial charge on any atom is -0.350 e. The number of carbonyl (C=O) groups is 2. The molecule has 2 heterocycles. The Balaban J connectivity index is 1.70. The fourth-order valence-corrected chi connectivity index (χ4v) is 3.12. The van der Waals surface area contributed by atoms with E-state index < -0.39 is 11.9 Å². The Bertz CT molecular complexity index is 861. The number of nitrogens with one attached hydrogen (secondary N) is 1. The summed E-state index contributed by atoms with van der Waals surface area (Å²) in [4.78, 5) is 32.2. The average Bonchev–Trinajstić information content (AvgIpc) is 2.90. The third-order valence-electron chi connectivity index (χ3n) is 4.40. The fourth-order valence-electron chi connectivity index (χ4n) is 2.88. The van der Waals surface area contributed by atoms with Gasteiger partial charge >= 0.3 is 6.03 Å². The lowest BCUT2D eigenvalue weighted by Gasteiger charge is -2.17. The summed E-state index contributed by atoms with van der Waals surface area (Å²) in [6.45, 7) is 2.19. The van der Waals surface area contributed by atoms with Gasteiger partial charge in [0.05, 0.1) is 17.9 Å². The molecule has 1 N–H and O–H groups in total. The van der Waals surface area contributed by atoms with Crippen LogP contribution in [0.2, 0.25) is 5.02 Å². The number of pyridine rings is 1. The van der Waals surface area contributed by atoms with Gasteiger partial charge in [-0.1, -0.05) is 17.7 Å². The lowest BCUT2D eigenvalue weighted by atomic mass is 10.2. The van der Waals surface area contributed by atoms with Crippen LogP contribution in [0.1, 0.15) is 11.3 Å². The molecule has 0 aliphatic carbocycles. The molecule has 1 aromatic heterocycles. The normalized spacial score (nSPS) is 16.9. The molecule has 0 bridgehead atoms. The molecule has 0 spiro atoms. The van der Waals surface area contributed by atoms with E-state index in [4.69, 9.17) is 11.6 Å². The van der Waals surface area contributed by atoms with Crippen molar-refractivity contribution in [3.8, 4) is 0 Å². The number of aryl methyl sites for hydroxylation is 1. The molecule has 1 aliphatic heterocycles. The van der Waals surface area contributed by atoms with Gasteiger partial charge in [0.2, 0.25) is 5.91 Å². The van der Waals surface area contributed by atoms with Gasteiger partial charge in [-0.25, -0.2) is 9.18 Å². The van der Waals surface area contributed by atoms with Crippen molar-refractivity contribution in [1.82, 2.24) is 15.2 Å². The van der Waals surface area contributed by atoms with Crippen LogP contribution in [0.15, 0.2) is 36.5 Å². The minimum absolute atomic E-state index is 0.155. The number of nitrogens with zero attached hydrogens (tertiary/aromatic N) is 3. The Morgan fingerprint density at radius 2 is 2.19 bits per heavy atom. The number of likely N-dealkylation sites (N-methyl/N-ethyl adjacent to an activating group) is 1. The van der Waals surface area contributed by atoms with E-state index >= 15 is 0 Å². The summed E-state index contributed by atoms with van der Waals surface area (Å²) >= 11 is 5.97. The first-order valence-corrected chi connectivity index (χ1v) is 8.44. The standard InChI is InChI=1S/C18H18ClFN4O2/c1-11-15(4-3-7-21-11)24-10-16(23(2)18(24)26)17(25)22-9-12-5-6-13(20)8-14(12)19/h3-8,16H,9-10H2,1-2H3,(H,22,25)/t16-/m0/s1. The van der Waals surface area contributed by atoms with E-state index in [-0.39, 0.29) is 30.1 Å². The van der Waals surface area contributed by atoms with Gasteiger partial charge < -0.3 is 10.2 Å². The average molecular weight is 377 g/mol. The van der Waals surface area contributed by atoms with Crippen LogP contribution in [-0.2, 0) is 11.3 Å². The number of rotatable bonds is 4. The maximum atomic E-state index is 13.1. The van der Waals surface area contributed by atoms with Gasteiger partial charge in [0, 0.05) is 24.8 Å². The second kappa shape index (κ2) is 7.29. The van der Waals surface area contributed by atoms with Crippen LogP contribution in [0.4, 0.5) is 14.9 Å². The maximum Gasteiger partial charge on any atom is 0.325 e. The van der Waals surface area contributed by atoms with Crippen molar-refractivity contribution in [2.75, 3.05) is 18.5 Å². The fraction of sp³-hybridized carbons (Fsp3) is 0.278. The van der Waals surface area contributed by atoms with Crippen LogP contribution in [-0.4, -0.2) is 41.5 Å². The van der Waals surface area contributed by atoms with E-state index in [1.165, 1.54) is 28.0 Å². The Morgan fingerprint density at radius 3 is 2.88 bits per heavy atom. The monoisotopic (exact) mass is 376 g/mol. The highest BCUT2D eigenvalue weighted by Gasteiger charge is 2.40. The number of urea groups is 1. The highest BCUT2D eigenvalue weighted by molar-refractivity contribution is 6.31. The van der Waals surface area contributed by atoms with E-state index in [0.29, 0.717) is 16.9 Å². The van der Waals surface area contributed by atoms with Crippen LogP contribution in [0.5, 0.6) is 0 Å². The van der Waals surface area contributed by atoms with Crippen LogP contribution in [0.25, 0.3) is 0 Å². The summed E-state index contributed by atoms with van der Waals surface area (Å²) in [5, 5.41) is 3.00. The van der Waals surface area contributed by atoms with E-state index in [1.54, 1.807) is 25.4 Å². The molecule has 1 aliphatic rings. The minimum atomic E-state index is -0.638. The summed E-state index contributed by atoms with van der Waals surface area (Å²) < 4.78 is 13.1. The number of hydrogen-bond acceptors (Lipinski definition) is 3. The zero-order chi connectivity index (χ0) is 18.8. The number of amides is 3. The Kier molecular flexibility index (Phi) is 5.08. The van der Waals surface area contributed by atoms with Crippen LogP contribution in [0.3, 0.4) is 0 Å². The van der Waals surface area contributed by atoms with Gasteiger partial charge in [0.25, 0.3) is 0 Å². The van der Waals surface area contributed by atoms with Gasteiger partial charge in [-0.15, -0.1) is 0 Å². The molecule has 26 heavy (non-hydrogen) atoms. The molecule has 3 rings (SSSR count). The van der Waals surface area contributed by atoms with Crippen LogP contribution in [0, 0.1) is 12.7 Å². The largest absolute Gasteiger partial charge is 0.350 e. The number of benzene rings is 1. The first-order valence-electron chi connectivity index (χ1n) is 8.06. The number of anilines is 1. The van der Waals surface area contributed by atoms with Crippen molar-refractivity contribution in [1.29, 1.82) is 0 Å². The Labute approximate surface area is 155 Å².